The van der Waals surface area contributed by atoms with E-state index in [1.54, 1.807) is 0 Å². The van der Waals surface area contributed by atoms with Gasteiger partial charge in [-0.25, -0.2) is 9.97 Å². The smallest absolute Gasteiger partial charge is 0.159 e. The van der Waals surface area contributed by atoms with E-state index in [4.69, 9.17) is 9.97 Å². The molecule has 0 saturated heterocycles. The molecule has 0 radical (unpaired) electrons. The number of aromatic nitrogens is 3. The minimum Gasteiger partial charge on any atom is -0.309 e. The second kappa shape index (κ2) is 10.9. The van der Waals surface area contributed by atoms with Gasteiger partial charge >= 0.3 is 0 Å². The summed E-state index contributed by atoms with van der Waals surface area (Å²) < 4.78 is 5.15. The van der Waals surface area contributed by atoms with Crippen LogP contribution >= 0.6 is 11.3 Å². The van der Waals surface area contributed by atoms with Gasteiger partial charge in [0.15, 0.2) is 5.82 Å². The van der Waals surface area contributed by atoms with Gasteiger partial charge < -0.3 is 4.57 Å². The lowest BCUT2D eigenvalue weighted by Crippen LogP contribution is -2.08. The first-order valence-corrected chi connectivity index (χ1v) is 17.3. The molecule has 0 N–H and O–H groups in total. The maximum atomic E-state index is 5.34. The van der Waals surface area contributed by atoms with Crippen molar-refractivity contribution < 1.29 is 0 Å². The molecule has 1 aliphatic rings. The van der Waals surface area contributed by atoms with Crippen LogP contribution in [0.1, 0.15) is 23.2 Å². The summed E-state index contributed by atoms with van der Waals surface area (Å²) in [5, 5.41) is 6.49. The maximum absolute atomic E-state index is 5.34. The molecule has 3 aromatic heterocycles. The van der Waals surface area contributed by atoms with Crippen molar-refractivity contribution in [2.24, 2.45) is 0 Å². The first-order valence-electron chi connectivity index (χ1n) is 16.5. The van der Waals surface area contributed by atoms with Gasteiger partial charge in [0.1, 0.15) is 0 Å². The molecule has 0 spiro atoms. The summed E-state index contributed by atoms with van der Waals surface area (Å²) in [5.41, 5.74) is 10.5. The lowest BCUT2D eigenvalue weighted by Gasteiger charge is -2.19. The fourth-order valence-electron chi connectivity index (χ4n) is 7.64. The van der Waals surface area contributed by atoms with E-state index < -0.39 is 0 Å². The molecule has 10 rings (SSSR count). The van der Waals surface area contributed by atoms with Crippen LogP contribution in [-0.2, 0) is 6.42 Å². The maximum Gasteiger partial charge on any atom is 0.159 e. The summed E-state index contributed by atoms with van der Waals surface area (Å²) in [7, 11) is 0. The highest BCUT2D eigenvalue weighted by Gasteiger charge is 2.28. The molecule has 1 aliphatic carbocycles. The van der Waals surface area contributed by atoms with Gasteiger partial charge in [0, 0.05) is 53.3 Å². The molecule has 0 atom stereocenters. The van der Waals surface area contributed by atoms with Crippen molar-refractivity contribution in [3.8, 4) is 28.3 Å². The molecule has 4 heteroatoms. The largest absolute Gasteiger partial charge is 0.309 e. The van der Waals surface area contributed by atoms with E-state index in [1.165, 1.54) is 64.2 Å². The van der Waals surface area contributed by atoms with Crippen LogP contribution in [0.3, 0.4) is 0 Å². The molecule has 48 heavy (non-hydrogen) atoms. The highest BCUT2D eigenvalue weighted by molar-refractivity contribution is 7.27. The van der Waals surface area contributed by atoms with Crippen molar-refractivity contribution in [1.82, 2.24) is 14.5 Å². The van der Waals surface area contributed by atoms with Crippen LogP contribution in [0.2, 0.25) is 0 Å². The fourth-order valence-corrected chi connectivity index (χ4v) is 8.88. The molecule has 0 bridgehead atoms. The zero-order chi connectivity index (χ0) is 31.6. The highest BCUT2D eigenvalue weighted by atomic mass is 32.1. The van der Waals surface area contributed by atoms with Crippen LogP contribution in [0.25, 0.3) is 81.8 Å². The summed E-state index contributed by atoms with van der Waals surface area (Å²) in [5.74, 6) is 0.728. The molecule has 0 fully saturated rings. The summed E-state index contributed by atoms with van der Waals surface area (Å²) in [6.07, 6.45) is 6.39. The third-order valence-electron chi connectivity index (χ3n) is 9.77. The zero-order valence-electron chi connectivity index (χ0n) is 26.1. The minimum absolute atomic E-state index is 0.728. The SMILES string of the molecule is C1=C(c2ccccc2)CCc2c1c1c3ccccc3c3sc4ccccc4c3c1n2-c1cnc(-c2ccccc2)nc1-c1ccccc1. The summed E-state index contributed by atoms with van der Waals surface area (Å²) >= 11 is 1.89. The van der Waals surface area contributed by atoms with E-state index in [-0.39, 0.29) is 0 Å². The predicted octanol–water partition coefficient (Wildman–Crippen LogP) is 11.8. The zero-order valence-corrected chi connectivity index (χ0v) is 26.9. The molecule has 0 amide bonds. The first-order chi connectivity index (χ1) is 23.8. The third kappa shape index (κ3) is 4.13. The van der Waals surface area contributed by atoms with Gasteiger partial charge in [-0.3, -0.25) is 0 Å². The van der Waals surface area contributed by atoms with Crippen LogP contribution in [0.15, 0.2) is 146 Å². The van der Waals surface area contributed by atoms with E-state index in [1.807, 2.05) is 29.5 Å². The number of rotatable bonds is 4. The van der Waals surface area contributed by atoms with Crippen molar-refractivity contribution in [2.75, 3.05) is 0 Å². The molecule has 3 nitrogen and oxygen atoms in total. The summed E-state index contributed by atoms with van der Waals surface area (Å²) in [6, 6.07) is 49.6. The van der Waals surface area contributed by atoms with Crippen LogP contribution in [0, 0.1) is 0 Å². The standard InChI is InChI=1S/C44H29N3S/c1-4-14-28(15-5-1)31-24-25-36-35(26-31)39-32-20-10-11-21-33(32)43-40(34-22-12-13-23-38(34)48-43)42(39)47(36)37-27-45-44(30-18-8-3-9-19-30)46-41(37)29-16-6-2-7-17-29/h1-23,26-27H,24-25H2. The lowest BCUT2D eigenvalue weighted by molar-refractivity contribution is 0.892. The first kappa shape index (κ1) is 27.3. The Hall–Kier alpha value is -5.84. The second-order valence-corrected chi connectivity index (χ2v) is 13.5. The van der Waals surface area contributed by atoms with E-state index in [9.17, 15) is 0 Å². The highest BCUT2D eigenvalue weighted by Crippen LogP contribution is 2.49. The average molecular weight is 632 g/mol. The molecule has 6 aromatic carbocycles. The number of hydrogen-bond acceptors (Lipinski definition) is 3. The predicted molar refractivity (Wildman–Crippen MR) is 203 cm³/mol. The minimum atomic E-state index is 0.728. The molecule has 3 heterocycles. The van der Waals surface area contributed by atoms with Gasteiger partial charge in [-0.2, -0.15) is 0 Å². The average Bonchev–Trinajstić information content (AvgIpc) is 3.72. The normalized spacial score (nSPS) is 13.0. The summed E-state index contributed by atoms with van der Waals surface area (Å²) in [4.78, 5) is 10.4. The lowest BCUT2D eigenvalue weighted by atomic mass is 9.90. The number of allylic oxidation sites excluding steroid dienone is 1. The molecule has 0 unspecified atom stereocenters. The van der Waals surface area contributed by atoms with Crippen molar-refractivity contribution in [3.05, 3.63) is 163 Å². The number of fused-ring (bicyclic) bond motifs is 10. The van der Waals surface area contributed by atoms with Crippen molar-refractivity contribution in [3.63, 3.8) is 0 Å². The van der Waals surface area contributed by atoms with Gasteiger partial charge in [-0.05, 0) is 41.5 Å². The number of benzene rings is 6. The van der Waals surface area contributed by atoms with Crippen LogP contribution in [0.4, 0.5) is 0 Å². The van der Waals surface area contributed by atoms with E-state index in [0.29, 0.717) is 0 Å². The monoisotopic (exact) mass is 631 g/mol. The van der Waals surface area contributed by atoms with Gasteiger partial charge in [0.05, 0.1) is 23.1 Å². The molecular formula is C44H29N3S. The Morgan fingerprint density at radius 1 is 0.562 bits per heavy atom. The molecule has 0 aliphatic heterocycles. The topological polar surface area (TPSA) is 30.7 Å². The molecule has 0 saturated carbocycles. The van der Waals surface area contributed by atoms with Crippen LogP contribution in [0.5, 0.6) is 0 Å². The van der Waals surface area contributed by atoms with Gasteiger partial charge in [-0.15, -0.1) is 11.3 Å². The van der Waals surface area contributed by atoms with Crippen molar-refractivity contribution in [2.45, 2.75) is 12.8 Å². The van der Waals surface area contributed by atoms with Gasteiger partial charge in [0.2, 0.25) is 0 Å². The van der Waals surface area contributed by atoms with Gasteiger partial charge in [0.25, 0.3) is 0 Å². The Labute approximate surface area is 282 Å². The number of nitrogens with zero attached hydrogens (tertiary/aromatic N) is 3. The third-order valence-corrected chi connectivity index (χ3v) is 11.0. The Morgan fingerprint density at radius 3 is 1.94 bits per heavy atom. The Balaban J connectivity index is 1.40. The second-order valence-electron chi connectivity index (χ2n) is 12.5. The van der Waals surface area contributed by atoms with Crippen molar-refractivity contribution >= 4 is 64.8 Å². The van der Waals surface area contributed by atoms with E-state index >= 15 is 0 Å². The number of thiophene rings is 1. The fraction of sp³-hybridized carbons (Fsp3) is 0.0455. The van der Waals surface area contributed by atoms with Crippen LogP contribution in [-0.4, -0.2) is 14.5 Å². The van der Waals surface area contributed by atoms with Crippen LogP contribution < -0.4 is 0 Å². The Morgan fingerprint density at radius 2 is 1.19 bits per heavy atom. The Kier molecular flexibility index (Phi) is 6.18. The number of hydrogen-bond donors (Lipinski definition) is 0. The quantitative estimate of drug-likeness (QED) is 0.193. The van der Waals surface area contributed by atoms with E-state index in [2.05, 4.69) is 138 Å². The van der Waals surface area contributed by atoms with Crippen molar-refractivity contribution in [1.29, 1.82) is 0 Å². The molecule has 9 aromatic rings. The molecule has 226 valence electrons. The van der Waals surface area contributed by atoms with E-state index in [0.717, 1.165) is 41.2 Å². The van der Waals surface area contributed by atoms with Gasteiger partial charge in [-0.1, -0.05) is 133 Å². The molecular weight excluding hydrogens is 603 g/mol. The Bertz CT molecular complexity index is 2700. The summed E-state index contributed by atoms with van der Waals surface area (Å²) in [6.45, 7) is 0.